The number of benzene rings is 1. The van der Waals surface area contributed by atoms with Crippen molar-refractivity contribution in [1.82, 2.24) is 9.80 Å². The first kappa shape index (κ1) is 18.6. The van der Waals surface area contributed by atoms with Crippen molar-refractivity contribution in [2.24, 2.45) is 0 Å². The van der Waals surface area contributed by atoms with E-state index in [1.165, 1.54) is 0 Å². The Hall–Kier alpha value is -1.76. The zero-order chi connectivity index (χ0) is 17.7. The van der Waals surface area contributed by atoms with Crippen molar-refractivity contribution in [3.63, 3.8) is 0 Å². The molecule has 2 amide bonds. The van der Waals surface area contributed by atoms with Gasteiger partial charge in [0.2, 0.25) is 5.91 Å². The summed E-state index contributed by atoms with van der Waals surface area (Å²) < 4.78 is 11.8. The lowest BCUT2D eigenvalue weighted by atomic mass is 10.1. The van der Waals surface area contributed by atoms with Crippen molar-refractivity contribution < 1.29 is 19.1 Å². The topological polar surface area (TPSA) is 59.1 Å². The van der Waals surface area contributed by atoms with Gasteiger partial charge in [-0.3, -0.25) is 9.59 Å². The van der Waals surface area contributed by atoms with E-state index >= 15 is 0 Å². The molecule has 6 nitrogen and oxygen atoms in total. The smallest absolute Gasteiger partial charge is 0.254 e. The van der Waals surface area contributed by atoms with Crippen molar-refractivity contribution >= 4 is 27.7 Å². The number of piperazine rings is 1. The molecule has 132 valence electrons. The second kappa shape index (κ2) is 8.37. The fourth-order valence-corrected chi connectivity index (χ4v) is 3.15. The minimum absolute atomic E-state index is 0.0453. The Morgan fingerprint density at radius 1 is 1.17 bits per heavy atom. The van der Waals surface area contributed by atoms with Gasteiger partial charge in [-0.1, -0.05) is 6.92 Å². The highest BCUT2D eigenvalue weighted by Gasteiger charge is 2.25. The summed E-state index contributed by atoms with van der Waals surface area (Å²) >= 11 is 3.46. The number of hydrogen-bond donors (Lipinski definition) is 0. The number of nitrogens with zero attached hydrogens (tertiary/aromatic N) is 2. The molecule has 24 heavy (non-hydrogen) atoms. The summed E-state index contributed by atoms with van der Waals surface area (Å²) in [5.41, 5.74) is 0.541. The summed E-state index contributed by atoms with van der Waals surface area (Å²) in [6.07, 6.45) is 0.886. The van der Waals surface area contributed by atoms with Gasteiger partial charge in [-0.2, -0.15) is 0 Å². The summed E-state index contributed by atoms with van der Waals surface area (Å²) in [7, 11) is 1.56. The molecule has 1 aliphatic rings. The molecule has 1 saturated heterocycles. The number of carbonyl (C=O) groups is 2. The van der Waals surface area contributed by atoms with Crippen LogP contribution in [0.4, 0.5) is 0 Å². The predicted molar refractivity (Wildman–Crippen MR) is 94.6 cm³/mol. The minimum Gasteiger partial charge on any atom is -0.493 e. The number of ether oxygens (including phenoxy) is 2. The van der Waals surface area contributed by atoms with Crippen LogP contribution < -0.4 is 9.47 Å². The van der Waals surface area contributed by atoms with E-state index in [1.54, 1.807) is 36.0 Å². The molecule has 0 spiro atoms. The lowest BCUT2D eigenvalue weighted by molar-refractivity contribution is -0.130. The largest absolute Gasteiger partial charge is 0.493 e. The van der Waals surface area contributed by atoms with E-state index in [4.69, 9.17) is 9.47 Å². The molecule has 2 rings (SSSR count). The first-order valence-corrected chi connectivity index (χ1v) is 8.82. The number of hydrogen-bond acceptors (Lipinski definition) is 4. The van der Waals surface area contributed by atoms with Crippen LogP contribution in [0, 0.1) is 0 Å². The normalized spacial score (nSPS) is 14.5. The molecule has 0 bridgehead atoms. The number of amides is 2. The van der Waals surface area contributed by atoms with Gasteiger partial charge in [0.1, 0.15) is 0 Å². The van der Waals surface area contributed by atoms with Gasteiger partial charge in [0.15, 0.2) is 11.5 Å². The summed E-state index contributed by atoms with van der Waals surface area (Å²) in [5.74, 6) is 1.11. The third kappa shape index (κ3) is 4.20. The van der Waals surface area contributed by atoms with Crippen molar-refractivity contribution in [2.75, 3.05) is 39.9 Å². The number of halogens is 1. The molecular weight excluding hydrogens is 376 g/mol. The average Bonchev–Trinajstić information content (AvgIpc) is 2.59. The Morgan fingerprint density at radius 2 is 1.79 bits per heavy atom. The molecule has 1 aromatic carbocycles. The highest BCUT2D eigenvalue weighted by atomic mass is 79.9. The van der Waals surface area contributed by atoms with E-state index in [0.29, 0.717) is 54.3 Å². The molecule has 0 radical (unpaired) electrons. The number of methoxy groups -OCH3 is 1. The standard InChI is InChI=1S/C17H23BrN2O4/c1-4-9-24-16-14(18)10-13(11-15(16)23-3)17(22)20-7-5-19(6-8-20)12(2)21/h10-11H,4-9H2,1-3H3. The van der Waals surface area contributed by atoms with Gasteiger partial charge in [0.05, 0.1) is 18.2 Å². The van der Waals surface area contributed by atoms with E-state index in [-0.39, 0.29) is 11.8 Å². The van der Waals surface area contributed by atoms with Gasteiger partial charge in [-0.25, -0.2) is 0 Å². The zero-order valence-electron chi connectivity index (χ0n) is 14.3. The highest BCUT2D eigenvalue weighted by Crippen LogP contribution is 2.37. The van der Waals surface area contributed by atoms with Crippen LogP contribution in [0.1, 0.15) is 30.6 Å². The second-order valence-electron chi connectivity index (χ2n) is 5.64. The van der Waals surface area contributed by atoms with Gasteiger partial charge in [-0.15, -0.1) is 0 Å². The van der Waals surface area contributed by atoms with Crippen molar-refractivity contribution in [2.45, 2.75) is 20.3 Å². The van der Waals surface area contributed by atoms with E-state index in [0.717, 1.165) is 6.42 Å². The first-order valence-electron chi connectivity index (χ1n) is 8.03. The van der Waals surface area contributed by atoms with Crippen molar-refractivity contribution in [3.05, 3.63) is 22.2 Å². The molecule has 0 aliphatic carbocycles. The summed E-state index contributed by atoms with van der Waals surface area (Å²) in [6.45, 7) is 6.36. The van der Waals surface area contributed by atoms with Gasteiger partial charge in [-0.05, 0) is 34.5 Å². The fourth-order valence-electron chi connectivity index (χ4n) is 2.59. The van der Waals surface area contributed by atoms with Crippen LogP contribution in [0.2, 0.25) is 0 Å². The summed E-state index contributed by atoms with van der Waals surface area (Å²) in [5, 5.41) is 0. The lowest BCUT2D eigenvalue weighted by Gasteiger charge is -2.34. The Bertz CT molecular complexity index is 613. The molecule has 0 N–H and O–H groups in total. The van der Waals surface area contributed by atoms with Crippen LogP contribution in [0.25, 0.3) is 0 Å². The van der Waals surface area contributed by atoms with E-state index < -0.39 is 0 Å². The van der Waals surface area contributed by atoms with Gasteiger partial charge >= 0.3 is 0 Å². The van der Waals surface area contributed by atoms with Crippen LogP contribution in [0.3, 0.4) is 0 Å². The summed E-state index contributed by atoms with van der Waals surface area (Å²) in [6, 6.07) is 3.46. The molecule has 0 atom stereocenters. The van der Waals surface area contributed by atoms with E-state index in [2.05, 4.69) is 15.9 Å². The van der Waals surface area contributed by atoms with Gasteiger partial charge in [0.25, 0.3) is 5.91 Å². The molecule has 0 aromatic heterocycles. The fraction of sp³-hybridized carbons (Fsp3) is 0.529. The summed E-state index contributed by atoms with van der Waals surface area (Å²) in [4.78, 5) is 27.6. The van der Waals surface area contributed by atoms with Crippen molar-refractivity contribution in [1.29, 1.82) is 0 Å². The maximum atomic E-state index is 12.7. The molecule has 1 fully saturated rings. The molecule has 7 heteroatoms. The first-order chi connectivity index (χ1) is 11.5. The molecule has 0 saturated carbocycles. The highest BCUT2D eigenvalue weighted by molar-refractivity contribution is 9.10. The third-order valence-corrected chi connectivity index (χ3v) is 4.53. The van der Waals surface area contributed by atoms with Crippen molar-refractivity contribution in [3.8, 4) is 11.5 Å². The van der Waals surface area contributed by atoms with Crippen LogP contribution in [0.5, 0.6) is 11.5 Å². The molecule has 1 heterocycles. The molecular formula is C17H23BrN2O4. The Morgan fingerprint density at radius 3 is 2.33 bits per heavy atom. The Balaban J connectivity index is 2.15. The van der Waals surface area contributed by atoms with Gasteiger partial charge < -0.3 is 19.3 Å². The number of rotatable bonds is 5. The SMILES string of the molecule is CCCOc1c(Br)cc(C(=O)N2CCN(C(C)=O)CC2)cc1OC. The van der Waals surface area contributed by atoms with Crippen LogP contribution in [-0.4, -0.2) is 61.5 Å². The lowest BCUT2D eigenvalue weighted by Crippen LogP contribution is -2.50. The number of carbonyl (C=O) groups excluding carboxylic acids is 2. The third-order valence-electron chi connectivity index (χ3n) is 3.94. The monoisotopic (exact) mass is 398 g/mol. The van der Waals surface area contributed by atoms with Gasteiger partial charge in [0, 0.05) is 38.7 Å². The maximum absolute atomic E-state index is 12.7. The van der Waals surface area contributed by atoms with E-state index in [9.17, 15) is 9.59 Å². The quantitative estimate of drug-likeness (QED) is 0.764. The minimum atomic E-state index is -0.0701. The maximum Gasteiger partial charge on any atom is 0.254 e. The van der Waals surface area contributed by atoms with Crippen LogP contribution >= 0.6 is 15.9 Å². The predicted octanol–water partition coefficient (Wildman–Crippen LogP) is 2.55. The molecule has 1 aromatic rings. The van der Waals surface area contributed by atoms with Crippen LogP contribution in [0.15, 0.2) is 16.6 Å². The Labute approximate surface area is 150 Å². The average molecular weight is 399 g/mol. The molecule has 1 aliphatic heterocycles. The van der Waals surface area contributed by atoms with Crippen LogP contribution in [-0.2, 0) is 4.79 Å². The van der Waals surface area contributed by atoms with E-state index in [1.807, 2.05) is 6.92 Å². The zero-order valence-corrected chi connectivity index (χ0v) is 15.9. The Kier molecular flexibility index (Phi) is 6.48. The molecule has 0 unspecified atom stereocenters. The second-order valence-corrected chi connectivity index (χ2v) is 6.49.